The second-order valence-electron chi connectivity index (χ2n) is 3.87. The molecule has 0 aliphatic heterocycles. The first-order valence-corrected chi connectivity index (χ1v) is 5.95. The Bertz CT molecular complexity index is 664. The van der Waals surface area contributed by atoms with Crippen LogP contribution in [0, 0.1) is 5.82 Å². The van der Waals surface area contributed by atoms with Gasteiger partial charge in [-0.05, 0) is 24.3 Å². The highest BCUT2D eigenvalue weighted by molar-refractivity contribution is 6.31. The lowest BCUT2D eigenvalue weighted by atomic mass is 10.2. The van der Waals surface area contributed by atoms with E-state index in [0.29, 0.717) is 5.69 Å². The number of nitrogens with zero attached hydrogens (tertiary/aromatic N) is 1. The summed E-state index contributed by atoms with van der Waals surface area (Å²) in [5.74, 6) is -0.831. The fraction of sp³-hybridized carbons (Fsp3) is 0.0769. The number of nitrogens with one attached hydrogen (secondary N) is 1. The van der Waals surface area contributed by atoms with E-state index in [0.717, 1.165) is 0 Å². The Morgan fingerprint density at radius 2 is 2.20 bits per heavy atom. The molecule has 0 radical (unpaired) electrons. The first kappa shape index (κ1) is 14.1. The van der Waals surface area contributed by atoms with Crippen LogP contribution in [0.1, 0.15) is 10.4 Å². The Labute approximate surface area is 119 Å². The van der Waals surface area contributed by atoms with E-state index in [2.05, 4.69) is 15.0 Å². The average molecular weight is 296 g/mol. The molecule has 2 rings (SSSR count). The quantitative estimate of drug-likeness (QED) is 0.851. The molecule has 20 heavy (non-hydrogen) atoms. The Morgan fingerprint density at radius 3 is 2.85 bits per heavy atom. The van der Waals surface area contributed by atoms with Crippen LogP contribution in [0.4, 0.5) is 21.6 Å². The van der Waals surface area contributed by atoms with Crippen LogP contribution < -0.4 is 11.1 Å². The number of esters is 1. The van der Waals surface area contributed by atoms with Crippen LogP contribution >= 0.6 is 11.6 Å². The molecular weight excluding hydrogens is 285 g/mol. The van der Waals surface area contributed by atoms with Gasteiger partial charge in [-0.1, -0.05) is 11.6 Å². The molecule has 0 aliphatic carbocycles. The summed E-state index contributed by atoms with van der Waals surface area (Å²) in [6, 6.07) is 5.53. The number of anilines is 3. The highest BCUT2D eigenvalue weighted by Gasteiger charge is 2.14. The molecule has 104 valence electrons. The number of carbonyl (C=O) groups is 1. The second-order valence-corrected chi connectivity index (χ2v) is 4.27. The summed E-state index contributed by atoms with van der Waals surface area (Å²) < 4.78 is 17.7. The van der Waals surface area contributed by atoms with Crippen LogP contribution in [0.25, 0.3) is 0 Å². The maximum Gasteiger partial charge on any atom is 0.340 e. The zero-order valence-electron chi connectivity index (χ0n) is 10.5. The SMILES string of the molecule is COC(=O)c1ccnc(Nc2ccc(F)c(Cl)c2)c1N. The van der Waals surface area contributed by atoms with Gasteiger partial charge in [-0.15, -0.1) is 0 Å². The van der Waals surface area contributed by atoms with E-state index < -0.39 is 11.8 Å². The van der Waals surface area contributed by atoms with Gasteiger partial charge in [0, 0.05) is 11.9 Å². The Kier molecular flexibility index (Phi) is 4.05. The van der Waals surface area contributed by atoms with Crippen LogP contribution in [0.15, 0.2) is 30.5 Å². The molecule has 0 aliphatic rings. The largest absolute Gasteiger partial charge is 0.465 e. The number of benzene rings is 1. The maximum absolute atomic E-state index is 13.1. The zero-order valence-corrected chi connectivity index (χ0v) is 11.2. The van der Waals surface area contributed by atoms with E-state index >= 15 is 0 Å². The number of nitrogen functional groups attached to an aromatic ring is 1. The van der Waals surface area contributed by atoms with E-state index in [1.807, 2.05) is 0 Å². The summed E-state index contributed by atoms with van der Waals surface area (Å²) in [4.78, 5) is 15.5. The van der Waals surface area contributed by atoms with E-state index in [1.165, 1.54) is 37.6 Å². The van der Waals surface area contributed by atoms with Crippen molar-refractivity contribution in [3.8, 4) is 0 Å². The number of pyridine rings is 1. The molecule has 0 fully saturated rings. The summed E-state index contributed by atoms with van der Waals surface area (Å²) in [5, 5.41) is 2.83. The van der Waals surface area contributed by atoms with Crippen LogP contribution in [-0.4, -0.2) is 18.1 Å². The van der Waals surface area contributed by atoms with E-state index in [1.54, 1.807) is 0 Å². The molecule has 5 nitrogen and oxygen atoms in total. The molecule has 7 heteroatoms. The van der Waals surface area contributed by atoms with Crippen LogP contribution in [0.5, 0.6) is 0 Å². The predicted octanol–water partition coefficient (Wildman–Crippen LogP) is 2.99. The minimum absolute atomic E-state index is 0.0299. The lowest BCUT2D eigenvalue weighted by molar-refractivity contribution is 0.0602. The minimum Gasteiger partial charge on any atom is -0.465 e. The smallest absolute Gasteiger partial charge is 0.340 e. The minimum atomic E-state index is -0.565. The van der Waals surface area contributed by atoms with Crippen molar-refractivity contribution in [3.63, 3.8) is 0 Å². The third kappa shape index (κ3) is 2.80. The van der Waals surface area contributed by atoms with Crippen molar-refractivity contribution < 1.29 is 13.9 Å². The number of methoxy groups -OCH3 is 1. The number of hydrogen-bond donors (Lipinski definition) is 2. The van der Waals surface area contributed by atoms with Gasteiger partial charge in [0.15, 0.2) is 5.82 Å². The Balaban J connectivity index is 2.34. The predicted molar refractivity (Wildman–Crippen MR) is 74.7 cm³/mol. The lowest BCUT2D eigenvalue weighted by Gasteiger charge is -2.11. The number of ether oxygens (including phenoxy) is 1. The number of aromatic nitrogens is 1. The fourth-order valence-electron chi connectivity index (χ4n) is 1.57. The van der Waals surface area contributed by atoms with Crippen LogP contribution in [0.2, 0.25) is 5.02 Å². The van der Waals surface area contributed by atoms with E-state index in [4.69, 9.17) is 17.3 Å². The van der Waals surface area contributed by atoms with Gasteiger partial charge in [0.2, 0.25) is 0 Å². The summed E-state index contributed by atoms with van der Waals surface area (Å²) >= 11 is 5.68. The van der Waals surface area contributed by atoms with E-state index in [-0.39, 0.29) is 22.1 Å². The van der Waals surface area contributed by atoms with Crippen LogP contribution in [-0.2, 0) is 4.74 Å². The third-order valence-corrected chi connectivity index (χ3v) is 2.87. The maximum atomic E-state index is 13.1. The van der Waals surface area contributed by atoms with Crippen molar-refractivity contribution in [2.24, 2.45) is 0 Å². The van der Waals surface area contributed by atoms with Crippen molar-refractivity contribution in [1.29, 1.82) is 0 Å². The molecule has 0 unspecified atom stereocenters. The van der Waals surface area contributed by atoms with Crippen molar-refractivity contribution >= 4 is 34.8 Å². The topological polar surface area (TPSA) is 77.2 Å². The molecule has 1 aromatic heterocycles. The lowest BCUT2D eigenvalue weighted by Crippen LogP contribution is -2.09. The normalized spacial score (nSPS) is 10.2. The molecule has 1 aromatic carbocycles. The number of carbonyl (C=O) groups excluding carboxylic acids is 1. The molecule has 1 heterocycles. The molecule has 0 spiro atoms. The molecule has 0 atom stereocenters. The number of hydrogen-bond acceptors (Lipinski definition) is 5. The van der Waals surface area contributed by atoms with Gasteiger partial charge in [0.1, 0.15) is 5.82 Å². The van der Waals surface area contributed by atoms with Gasteiger partial charge >= 0.3 is 5.97 Å². The summed E-state index contributed by atoms with van der Waals surface area (Å²) in [6.07, 6.45) is 1.41. The Morgan fingerprint density at radius 1 is 1.45 bits per heavy atom. The van der Waals surface area contributed by atoms with E-state index in [9.17, 15) is 9.18 Å². The van der Waals surface area contributed by atoms with Gasteiger partial charge in [0.25, 0.3) is 0 Å². The van der Waals surface area contributed by atoms with Crippen LogP contribution in [0.3, 0.4) is 0 Å². The van der Waals surface area contributed by atoms with Crippen molar-refractivity contribution in [2.45, 2.75) is 0 Å². The number of rotatable bonds is 3. The average Bonchev–Trinajstić information content (AvgIpc) is 2.44. The molecule has 0 saturated heterocycles. The van der Waals surface area contributed by atoms with Gasteiger partial charge in [-0.2, -0.15) is 0 Å². The summed E-state index contributed by atoms with van der Waals surface area (Å²) in [5.41, 5.74) is 6.67. The van der Waals surface area contributed by atoms with Crippen molar-refractivity contribution in [3.05, 3.63) is 46.9 Å². The first-order chi connectivity index (χ1) is 9.52. The zero-order chi connectivity index (χ0) is 14.7. The highest BCUT2D eigenvalue weighted by Crippen LogP contribution is 2.26. The molecular formula is C13H11ClFN3O2. The molecule has 0 saturated carbocycles. The van der Waals surface area contributed by atoms with Gasteiger partial charge < -0.3 is 15.8 Å². The standard InChI is InChI=1S/C13H11ClFN3O2/c1-20-13(19)8-4-5-17-12(11(8)16)18-7-2-3-10(15)9(14)6-7/h2-6H,16H2,1H3,(H,17,18). The monoisotopic (exact) mass is 295 g/mol. The van der Waals surface area contributed by atoms with Gasteiger partial charge in [-0.25, -0.2) is 14.2 Å². The Hall–Kier alpha value is -2.34. The highest BCUT2D eigenvalue weighted by atomic mass is 35.5. The summed E-state index contributed by atoms with van der Waals surface area (Å²) in [6.45, 7) is 0. The molecule has 0 bridgehead atoms. The summed E-state index contributed by atoms with van der Waals surface area (Å²) in [7, 11) is 1.26. The van der Waals surface area contributed by atoms with Crippen molar-refractivity contribution in [1.82, 2.24) is 4.98 Å². The molecule has 3 N–H and O–H groups in total. The van der Waals surface area contributed by atoms with Crippen molar-refractivity contribution in [2.75, 3.05) is 18.2 Å². The first-order valence-electron chi connectivity index (χ1n) is 5.57. The number of halogens is 2. The fourth-order valence-corrected chi connectivity index (χ4v) is 1.75. The molecule has 2 aromatic rings. The van der Waals surface area contributed by atoms with Gasteiger partial charge in [-0.3, -0.25) is 0 Å². The van der Waals surface area contributed by atoms with Gasteiger partial charge in [0.05, 0.1) is 23.4 Å². The second kappa shape index (κ2) is 5.75. The molecule has 0 amide bonds. The third-order valence-electron chi connectivity index (χ3n) is 2.58. The number of nitrogens with two attached hydrogens (primary N) is 1.